The first-order valence-electron chi connectivity index (χ1n) is 8.04. The van der Waals surface area contributed by atoms with E-state index in [9.17, 15) is 0 Å². The Morgan fingerprint density at radius 1 is 1.05 bits per heavy atom. The second-order valence-electron chi connectivity index (χ2n) is 5.20. The number of unbranched alkanes of at least 4 members (excludes halogenated alkanes) is 2. The van der Waals surface area contributed by atoms with Crippen LogP contribution >= 0.6 is 11.3 Å². The van der Waals surface area contributed by atoms with E-state index in [4.69, 9.17) is 4.74 Å². The highest BCUT2D eigenvalue weighted by Gasteiger charge is 2.06. The van der Waals surface area contributed by atoms with Gasteiger partial charge >= 0.3 is 0 Å². The largest absolute Gasteiger partial charge is 0.490 e. The van der Waals surface area contributed by atoms with Crippen molar-refractivity contribution in [3.05, 3.63) is 41.4 Å². The van der Waals surface area contributed by atoms with Gasteiger partial charge in [-0.2, -0.15) is 0 Å². The molecule has 0 spiro atoms. The number of aryl methyl sites for hydroxylation is 1. The van der Waals surface area contributed by atoms with Crippen molar-refractivity contribution in [1.29, 1.82) is 0 Å². The van der Waals surface area contributed by atoms with Gasteiger partial charge in [0.15, 0.2) is 0 Å². The predicted octanol–water partition coefficient (Wildman–Crippen LogP) is 5.28. The molecule has 0 saturated carbocycles. The highest BCUT2D eigenvalue weighted by Crippen LogP contribution is 2.26. The Kier molecular flexibility index (Phi) is 7.10. The lowest BCUT2D eigenvalue weighted by Crippen LogP contribution is -1.93. The van der Waals surface area contributed by atoms with Crippen molar-refractivity contribution < 1.29 is 4.74 Å². The number of rotatable bonds is 9. The molecule has 0 saturated heterocycles. The molecule has 0 aliphatic carbocycles. The number of nitrogens with zero attached hydrogens (tertiary/aromatic N) is 2. The molecule has 4 heteroatoms. The van der Waals surface area contributed by atoms with Gasteiger partial charge in [0, 0.05) is 12.0 Å². The molecule has 3 nitrogen and oxygen atoms in total. The number of benzene rings is 1. The van der Waals surface area contributed by atoms with Gasteiger partial charge < -0.3 is 4.74 Å². The van der Waals surface area contributed by atoms with E-state index in [1.807, 2.05) is 24.3 Å². The van der Waals surface area contributed by atoms with Crippen LogP contribution in [0.5, 0.6) is 5.75 Å². The molecule has 0 aliphatic heterocycles. The van der Waals surface area contributed by atoms with Gasteiger partial charge in [-0.25, -0.2) is 0 Å². The molecular weight excluding hydrogens is 292 g/mol. The number of hydrogen-bond donors (Lipinski definition) is 0. The van der Waals surface area contributed by atoms with Gasteiger partial charge in [0.25, 0.3) is 0 Å². The number of allylic oxidation sites excluding steroid dienone is 1. The van der Waals surface area contributed by atoms with E-state index in [-0.39, 0.29) is 0 Å². The number of aromatic nitrogens is 2. The Morgan fingerprint density at radius 2 is 1.86 bits per heavy atom. The third kappa shape index (κ3) is 5.26. The summed E-state index contributed by atoms with van der Waals surface area (Å²) in [6.07, 6.45) is 10.00. The average molecular weight is 316 g/mol. The van der Waals surface area contributed by atoms with Gasteiger partial charge in [-0.15, -0.1) is 10.2 Å². The van der Waals surface area contributed by atoms with Gasteiger partial charge in [-0.05, 0) is 37.1 Å². The van der Waals surface area contributed by atoms with Crippen molar-refractivity contribution in [2.24, 2.45) is 0 Å². The quantitative estimate of drug-likeness (QED) is 0.466. The monoisotopic (exact) mass is 316 g/mol. The normalized spacial score (nSPS) is 11.2. The topological polar surface area (TPSA) is 35.0 Å². The van der Waals surface area contributed by atoms with Gasteiger partial charge in [0.1, 0.15) is 22.4 Å². The summed E-state index contributed by atoms with van der Waals surface area (Å²) in [6, 6.07) is 8.09. The Balaban J connectivity index is 1.85. The van der Waals surface area contributed by atoms with Crippen molar-refractivity contribution in [3.63, 3.8) is 0 Å². The van der Waals surface area contributed by atoms with E-state index in [2.05, 4.69) is 36.2 Å². The summed E-state index contributed by atoms with van der Waals surface area (Å²) in [5.41, 5.74) is 1.10. The number of ether oxygens (including phenoxy) is 1. The summed E-state index contributed by atoms with van der Waals surface area (Å²) in [4.78, 5) is 0. The lowest BCUT2D eigenvalue weighted by Gasteiger charge is -2.03. The van der Waals surface area contributed by atoms with Crippen molar-refractivity contribution >= 4 is 11.3 Å². The first kappa shape index (κ1) is 16.7. The molecule has 0 aliphatic rings. The molecule has 0 fully saturated rings. The molecule has 22 heavy (non-hydrogen) atoms. The van der Waals surface area contributed by atoms with Crippen LogP contribution in [0.4, 0.5) is 0 Å². The minimum Gasteiger partial charge on any atom is -0.490 e. The Labute approximate surface area is 137 Å². The van der Waals surface area contributed by atoms with Gasteiger partial charge in [-0.1, -0.05) is 50.2 Å². The molecule has 1 aromatic carbocycles. The second kappa shape index (κ2) is 9.36. The summed E-state index contributed by atoms with van der Waals surface area (Å²) in [6.45, 7) is 4.99. The molecule has 0 N–H and O–H groups in total. The SMILES string of the molecule is CCCCC=CCOc1ccc(-c2nnc(CCC)s2)cc1. The summed E-state index contributed by atoms with van der Waals surface area (Å²) in [5.74, 6) is 0.891. The van der Waals surface area contributed by atoms with E-state index >= 15 is 0 Å². The van der Waals surface area contributed by atoms with Crippen molar-refractivity contribution in [2.75, 3.05) is 6.61 Å². The average Bonchev–Trinajstić information content (AvgIpc) is 3.00. The fourth-order valence-electron chi connectivity index (χ4n) is 2.03. The Bertz CT molecular complexity index is 575. The molecule has 1 aromatic heterocycles. The van der Waals surface area contributed by atoms with Crippen molar-refractivity contribution in [2.45, 2.75) is 46.0 Å². The van der Waals surface area contributed by atoms with Crippen LogP contribution in [0, 0.1) is 0 Å². The van der Waals surface area contributed by atoms with E-state index in [1.54, 1.807) is 11.3 Å². The smallest absolute Gasteiger partial charge is 0.147 e. The zero-order chi connectivity index (χ0) is 15.6. The maximum atomic E-state index is 5.70. The first-order valence-corrected chi connectivity index (χ1v) is 8.85. The Morgan fingerprint density at radius 3 is 2.59 bits per heavy atom. The summed E-state index contributed by atoms with van der Waals surface area (Å²) < 4.78 is 5.70. The molecule has 0 radical (unpaired) electrons. The van der Waals surface area contributed by atoms with Crippen LogP contribution in [0.25, 0.3) is 10.6 Å². The highest BCUT2D eigenvalue weighted by atomic mass is 32.1. The van der Waals surface area contributed by atoms with Crippen LogP contribution < -0.4 is 4.74 Å². The van der Waals surface area contributed by atoms with Gasteiger partial charge in [-0.3, -0.25) is 0 Å². The lowest BCUT2D eigenvalue weighted by atomic mass is 10.2. The molecule has 2 aromatic rings. The third-order valence-electron chi connectivity index (χ3n) is 3.27. The standard InChI is InChI=1S/C18H24N2OS/c1-3-5-6-7-8-14-21-16-12-10-15(11-13-16)18-20-19-17(22-18)9-4-2/h7-8,10-13H,3-6,9,14H2,1-2H3. The van der Waals surface area contributed by atoms with E-state index in [1.165, 1.54) is 12.8 Å². The fourth-order valence-corrected chi connectivity index (χ4v) is 2.98. The van der Waals surface area contributed by atoms with E-state index in [0.29, 0.717) is 6.61 Å². The molecule has 0 unspecified atom stereocenters. The maximum Gasteiger partial charge on any atom is 0.147 e. The van der Waals surface area contributed by atoms with Crippen molar-refractivity contribution in [3.8, 4) is 16.3 Å². The summed E-state index contributed by atoms with van der Waals surface area (Å²) in [5, 5.41) is 10.6. The van der Waals surface area contributed by atoms with Crippen LogP contribution in [0.3, 0.4) is 0 Å². The minimum atomic E-state index is 0.627. The predicted molar refractivity (Wildman–Crippen MR) is 93.5 cm³/mol. The van der Waals surface area contributed by atoms with Crippen molar-refractivity contribution in [1.82, 2.24) is 10.2 Å². The van der Waals surface area contributed by atoms with Crippen LogP contribution in [-0.2, 0) is 6.42 Å². The minimum absolute atomic E-state index is 0.627. The summed E-state index contributed by atoms with van der Waals surface area (Å²) in [7, 11) is 0. The molecule has 0 bridgehead atoms. The lowest BCUT2D eigenvalue weighted by molar-refractivity contribution is 0.362. The molecule has 118 valence electrons. The molecule has 1 heterocycles. The zero-order valence-corrected chi connectivity index (χ0v) is 14.2. The molecule has 0 amide bonds. The van der Waals surface area contributed by atoms with Crippen LogP contribution in [0.15, 0.2) is 36.4 Å². The fraction of sp³-hybridized carbons (Fsp3) is 0.444. The zero-order valence-electron chi connectivity index (χ0n) is 13.4. The maximum absolute atomic E-state index is 5.70. The second-order valence-corrected chi connectivity index (χ2v) is 6.26. The van der Waals surface area contributed by atoms with Crippen LogP contribution in [-0.4, -0.2) is 16.8 Å². The first-order chi connectivity index (χ1) is 10.8. The van der Waals surface area contributed by atoms with E-state index in [0.717, 1.165) is 40.6 Å². The summed E-state index contributed by atoms with van der Waals surface area (Å²) >= 11 is 1.67. The van der Waals surface area contributed by atoms with E-state index < -0.39 is 0 Å². The van der Waals surface area contributed by atoms with Gasteiger partial charge in [0.05, 0.1) is 0 Å². The van der Waals surface area contributed by atoms with Gasteiger partial charge in [0.2, 0.25) is 0 Å². The van der Waals surface area contributed by atoms with Crippen LogP contribution in [0.2, 0.25) is 0 Å². The number of hydrogen-bond acceptors (Lipinski definition) is 4. The third-order valence-corrected chi connectivity index (χ3v) is 4.30. The van der Waals surface area contributed by atoms with Crippen LogP contribution in [0.1, 0.15) is 44.5 Å². The Hall–Kier alpha value is -1.68. The highest BCUT2D eigenvalue weighted by molar-refractivity contribution is 7.14. The molecule has 2 rings (SSSR count). The molecular formula is C18H24N2OS. The molecule has 0 atom stereocenters.